The Labute approximate surface area is 197 Å². The van der Waals surface area contributed by atoms with E-state index in [-0.39, 0.29) is 11.1 Å². The quantitative estimate of drug-likeness (QED) is 0.222. The van der Waals surface area contributed by atoms with Gasteiger partial charge in [0.05, 0.1) is 21.8 Å². The van der Waals surface area contributed by atoms with Gasteiger partial charge in [-0.25, -0.2) is 9.37 Å². The smallest absolute Gasteiger partial charge is 0.301 e. The number of aliphatic hydroxyl groups is 1. The minimum absolute atomic E-state index is 0.107. The van der Waals surface area contributed by atoms with Gasteiger partial charge in [0.15, 0.2) is 5.13 Å². The molecule has 0 saturated carbocycles. The number of carbonyl (C=O) groups excluding carboxylic acids is 2. The zero-order valence-electron chi connectivity index (χ0n) is 17.3. The van der Waals surface area contributed by atoms with Crippen molar-refractivity contribution >= 4 is 55.7 Å². The van der Waals surface area contributed by atoms with E-state index in [2.05, 4.69) is 4.98 Å². The van der Waals surface area contributed by atoms with E-state index in [1.165, 1.54) is 40.5 Å². The molecule has 5 rings (SSSR count). The number of hydrogen-bond acceptors (Lipinski definition) is 5. The van der Waals surface area contributed by atoms with Crippen molar-refractivity contribution in [2.24, 2.45) is 0 Å². The second-order valence-corrected chi connectivity index (χ2v) is 9.14. The molecule has 1 aliphatic rings. The molecule has 1 aromatic heterocycles. The minimum atomic E-state index is -0.949. The van der Waals surface area contributed by atoms with Crippen LogP contribution in [0.25, 0.3) is 16.0 Å². The molecule has 1 aliphatic heterocycles. The van der Waals surface area contributed by atoms with E-state index in [1.54, 1.807) is 24.3 Å². The lowest BCUT2D eigenvalue weighted by Crippen LogP contribution is -2.29. The van der Waals surface area contributed by atoms with Gasteiger partial charge in [-0.05, 0) is 66.6 Å². The molecule has 1 N–H and O–H groups in total. The van der Waals surface area contributed by atoms with E-state index in [0.717, 1.165) is 10.3 Å². The summed E-state index contributed by atoms with van der Waals surface area (Å²) in [5.74, 6) is -2.53. The first-order chi connectivity index (χ1) is 15.8. The van der Waals surface area contributed by atoms with Crippen LogP contribution in [0, 0.1) is 12.7 Å². The number of hydrogen-bond donors (Lipinski definition) is 1. The van der Waals surface area contributed by atoms with Crippen LogP contribution in [0.15, 0.2) is 72.3 Å². The van der Waals surface area contributed by atoms with Crippen molar-refractivity contribution in [3.05, 3.63) is 99.8 Å². The monoisotopic (exact) mass is 478 g/mol. The van der Waals surface area contributed by atoms with Crippen LogP contribution in [0.2, 0.25) is 5.02 Å². The summed E-state index contributed by atoms with van der Waals surface area (Å²) in [6.45, 7) is 1.96. The molecule has 164 valence electrons. The van der Waals surface area contributed by atoms with Crippen LogP contribution in [0.4, 0.5) is 9.52 Å². The molecule has 0 bridgehead atoms. The van der Waals surface area contributed by atoms with Crippen molar-refractivity contribution in [2.45, 2.75) is 13.0 Å². The molecule has 5 nitrogen and oxygen atoms in total. The summed E-state index contributed by atoms with van der Waals surface area (Å²) in [4.78, 5) is 32.3. The SMILES string of the molecule is Cc1ccc2nc(N3C(=O)C(=O)C(=C(O)c4ccc(F)cc4)[C@H]3c3cccc(Cl)c3)sc2c1. The number of aryl methyl sites for hydroxylation is 1. The highest BCUT2D eigenvalue weighted by atomic mass is 35.5. The molecule has 2 heterocycles. The predicted octanol–water partition coefficient (Wildman–Crippen LogP) is 6.02. The largest absolute Gasteiger partial charge is 0.507 e. The molecule has 33 heavy (non-hydrogen) atoms. The Bertz CT molecular complexity index is 1460. The standard InChI is InChI=1S/C25H16ClFN2O3S/c1-13-5-10-18-19(11-13)33-25(28-18)29-21(15-3-2-4-16(26)12-15)20(23(31)24(29)32)22(30)14-6-8-17(27)9-7-14/h2-12,21,30H,1H3/t21-/m1/s1. The highest BCUT2D eigenvalue weighted by Gasteiger charge is 2.48. The maximum absolute atomic E-state index is 13.4. The molecule has 1 atom stereocenters. The number of carbonyl (C=O) groups is 2. The number of thiazole rings is 1. The summed E-state index contributed by atoms with van der Waals surface area (Å²) in [7, 11) is 0. The first kappa shape index (κ1) is 21.3. The fourth-order valence-corrected chi connectivity index (χ4v) is 5.20. The summed E-state index contributed by atoms with van der Waals surface area (Å²) >= 11 is 7.50. The summed E-state index contributed by atoms with van der Waals surface area (Å²) in [5, 5.41) is 11.8. The first-order valence-electron chi connectivity index (χ1n) is 10.0. The van der Waals surface area contributed by atoms with E-state index in [9.17, 15) is 19.1 Å². The number of nitrogens with zero attached hydrogens (tertiary/aromatic N) is 2. The Morgan fingerprint density at radius 2 is 1.85 bits per heavy atom. The molecule has 1 amide bonds. The zero-order chi connectivity index (χ0) is 23.3. The van der Waals surface area contributed by atoms with Gasteiger partial charge in [0.2, 0.25) is 0 Å². The van der Waals surface area contributed by atoms with Gasteiger partial charge in [-0.15, -0.1) is 0 Å². The second kappa shape index (κ2) is 8.10. The molecular formula is C25H16ClFN2O3S. The number of halogens is 2. The topological polar surface area (TPSA) is 70.5 Å². The molecular weight excluding hydrogens is 463 g/mol. The lowest BCUT2D eigenvalue weighted by atomic mass is 9.95. The molecule has 0 spiro atoms. The van der Waals surface area contributed by atoms with E-state index < -0.39 is 29.3 Å². The van der Waals surface area contributed by atoms with Crippen LogP contribution >= 0.6 is 22.9 Å². The van der Waals surface area contributed by atoms with Crippen LogP contribution in [-0.4, -0.2) is 21.8 Å². The van der Waals surface area contributed by atoms with Gasteiger partial charge in [0.1, 0.15) is 11.6 Å². The Kier molecular flexibility index (Phi) is 5.23. The number of aromatic nitrogens is 1. The number of Topliss-reactive ketones (excluding diaryl/α,β-unsaturated/α-hetero) is 1. The Hall–Kier alpha value is -3.55. The average molecular weight is 479 g/mol. The number of fused-ring (bicyclic) bond motifs is 1. The molecule has 0 unspecified atom stereocenters. The number of rotatable bonds is 3. The normalized spacial score (nSPS) is 17.8. The van der Waals surface area contributed by atoms with Gasteiger partial charge < -0.3 is 5.11 Å². The van der Waals surface area contributed by atoms with Gasteiger partial charge in [-0.2, -0.15) is 0 Å². The average Bonchev–Trinajstić information content (AvgIpc) is 3.32. The zero-order valence-corrected chi connectivity index (χ0v) is 18.8. The molecule has 1 saturated heterocycles. The molecule has 4 aromatic rings. The third-order valence-corrected chi connectivity index (χ3v) is 6.72. The Morgan fingerprint density at radius 3 is 2.58 bits per heavy atom. The summed E-state index contributed by atoms with van der Waals surface area (Å²) in [5.41, 5.74) is 2.40. The Morgan fingerprint density at radius 1 is 1.09 bits per heavy atom. The van der Waals surface area contributed by atoms with Crippen molar-refractivity contribution in [3.8, 4) is 0 Å². The van der Waals surface area contributed by atoms with Crippen molar-refractivity contribution in [2.75, 3.05) is 4.90 Å². The van der Waals surface area contributed by atoms with Crippen LogP contribution in [0.3, 0.4) is 0 Å². The van der Waals surface area contributed by atoms with Crippen molar-refractivity contribution < 1.29 is 19.1 Å². The number of amides is 1. The summed E-state index contributed by atoms with van der Waals surface area (Å²) < 4.78 is 14.3. The van der Waals surface area contributed by atoms with Gasteiger partial charge in [-0.1, -0.05) is 41.1 Å². The fraction of sp³-hybridized carbons (Fsp3) is 0.0800. The number of aliphatic hydroxyl groups excluding tert-OH is 1. The van der Waals surface area contributed by atoms with Crippen LogP contribution < -0.4 is 4.90 Å². The third-order valence-electron chi connectivity index (χ3n) is 5.47. The molecule has 0 aliphatic carbocycles. The maximum Gasteiger partial charge on any atom is 0.301 e. The van der Waals surface area contributed by atoms with Gasteiger partial charge in [0, 0.05) is 10.6 Å². The first-order valence-corrected chi connectivity index (χ1v) is 11.2. The maximum atomic E-state index is 13.4. The number of ketones is 1. The predicted molar refractivity (Wildman–Crippen MR) is 127 cm³/mol. The fourth-order valence-electron chi connectivity index (χ4n) is 3.91. The minimum Gasteiger partial charge on any atom is -0.507 e. The summed E-state index contributed by atoms with van der Waals surface area (Å²) in [6.07, 6.45) is 0. The molecule has 3 aromatic carbocycles. The third kappa shape index (κ3) is 3.69. The van der Waals surface area contributed by atoms with E-state index in [1.807, 2.05) is 25.1 Å². The van der Waals surface area contributed by atoms with E-state index in [0.29, 0.717) is 21.2 Å². The molecule has 1 fully saturated rings. The van der Waals surface area contributed by atoms with Crippen LogP contribution in [0.5, 0.6) is 0 Å². The summed E-state index contributed by atoms with van der Waals surface area (Å²) in [6, 6.07) is 16.6. The Balaban J connectivity index is 1.74. The highest BCUT2D eigenvalue weighted by Crippen LogP contribution is 2.44. The second-order valence-electron chi connectivity index (χ2n) is 7.70. The highest BCUT2D eigenvalue weighted by molar-refractivity contribution is 7.22. The van der Waals surface area contributed by atoms with Gasteiger partial charge in [-0.3, -0.25) is 14.5 Å². The molecule has 8 heteroatoms. The van der Waals surface area contributed by atoms with Crippen LogP contribution in [-0.2, 0) is 9.59 Å². The number of anilines is 1. The van der Waals surface area contributed by atoms with E-state index in [4.69, 9.17) is 11.6 Å². The lowest BCUT2D eigenvalue weighted by Gasteiger charge is -2.23. The van der Waals surface area contributed by atoms with Gasteiger partial charge in [0.25, 0.3) is 5.78 Å². The lowest BCUT2D eigenvalue weighted by molar-refractivity contribution is -0.132. The van der Waals surface area contributed by atoms with Gasteiger partial charge >= 0.3 is 5.91 Å². The van der Waals surface area contributed by atoms with Crippen molar-refractivity contribution in [1.29, 1.82) is 0 Å². The van der Waals surface area contributed by atoms with Crippen LogP contribution in [0.1, 0.15) is 22.7 Å². The van der Waals surface area contributed by atoms with Crippen molar-refractivity contribution in [1.82, 2.24) is 4.98 Å². The van der Waals surface area contributed by atoms with E-state index >= 15 is 0 Å². The van der Waals surface area contributed by atoms with Crippen molar-refractivity contribution in [3.63, 3.8) is 0 Å². The number of benzene rings is 3. The molecule has 0 radical (unpaired) electrons.